The summed E-state index contributed by atoms with van der Waals surface area (Å²) in [7, 11) is -10.7. The Balaban J connectivity index is 0.000000360. The van der Waals surface area contributed by atoms with Crippen LogP contribution in [0, 0.1) is 0 Å². The molecule has 0 aliphatic carbocycles. The molecule has 0 atom stereocenters. The summed E-state index contributed by atoms with van der Waals surface area (Å²) < 4.78 is 61.9. The summed E-state index contributed by atoms with van der Waals surface area (Å²) in [5, 5.41) is 0. The molecule has 0 saturated carbocycles. The normalized spacial score (nSPS) is 13.3. The second kappa shape index (κ2) is 8.72. The number of benzene rings is 2. The van der Waals surface area contributed by atoms with Gasteiger partial charge in [-0.15, -0.1) is 0 Å². The zero-order chi connectivity index (χ0) is 23.3. The van der Waals surface area contributed by atoms with Crippen LogP contribution in [0.5, 0.6) is 0 Å². The van der Waals surface area contributed by atoms with E-state index in [0.717, 1.165) is 11.4 Å². The Morgan fingerprint density at radius 2 is 0.844 bits per heavy atom. The second-order valence-electron chi connectivity index (χ2n) is 6.41. The maximum atomic E-state index is 9.87. The first kappa shape index (κ1) is 24.0. The number of pyridine rings is 2. The third kappa shape index (κ3) is 8.48. The Morgan fingerprint density at radius 3 is 1.19 bits per heavy atom. The summed E-state index contributed by atoms with van der Waals surface area (Å²) in [5.74, 6) is 0. The van der Waals surface area contributed by atoms with E-state index in [1.807, 2.05) is 36.7 Å². The number of hydrogen-bond acceptors (Lipinski definition) is 2. The Hall–Kier alpha value is -2.63. The molecular formula is C22H16F6N2PRu. The third-order valence-electron chi connectivity index (χ3n) is 3.80. The average molecular weight is 554 g/mol. The molecule has 0 saturated heterocycles. The molecule has 169 valence electrons. The van der Waals surface area contributed by atoms with Gasteiger partial charge in [-0.1, -0.05) is 0 Å². The summed E-state index contributed by atoms with van der Waals surface area (Å²) in [6.45, 7) is 0. The van der Waals surface area contributed by atoms with Crippen molar-refractivity contribution in [3.63, 3.8) is 0 Å². The Bertz CT molecular complexity index is 1100. The fourth-order valence-electron chi connectivity index (χ4n) is 2.62. The van der Waals surface area contributed by atoms with E-state index in [-0.39, 0.29) is 17.1 Å². The first-order valence-electron chi connectivity index (χ1n) is 9.06. The third-order valence-corrected chi connectivity index (χ3v) is 6.25. The fourth-order valence-corrected chi connectivity index (χ4v) is 4.96. The minimum atomic E-state index is -10.7. The molecule has 0 aliphatic heterocycles. The molecule has 10 heteroatoms. The Morgan fingerprint density at radius 1 is 0.500 bits per heavy atom. The van der Waals surface area contributed by atoms with Gasteiger partial charge in [-0.2, -0.15) is 0 Å². The van der Waals surface area contributed by atoms with Crippen LogP contribution >= 0.6 is 7.81 Å². The zero-order valence-corrected chi connectivity index (χ0v) is 18.8. The number of hydrogen-bond donors (Lipinski definition) is 0. The molecule has 0 fully saturated rings. The van der Waals surface area contributed by atoms with Crippen molar-refractivity contribution in [2.24, 2.45) is 0 Å². The molecule has 32 heavy (non-hydrogen) atoms. The SMILES string of the molecule is F[P-](F)(F)(F)(F)F.c1ccc(-c2cccc[c]2[Ru+][c]2ccccc2-c2ccccn2)nc1. The van der Waals surface area contributed by atoms with Crippen LogP contribution < -0.4 is 8.32 Å². The van der Waals surface area contributed by atoms with Gasteiger partial charge < -0.3 is 0 Å². The van der Waals surface area contributed by atoms with Crippen LogP contribution in [0.3, 0.4) is 0 Å². The van der Waals surface area contributed by atoms with E-state index in [4.69, 9.17) is 0 Å². The quantitative estimate of drug-likeness (QED) is 0.151. The van der Waals surface area contributed by atoms with Gasteiger partial charge in [0.25, 0.3) is 0 Å². The number of rotatable bonds is 4. The molecule has 0 bridgehead atoms. The number of halogens is 6. The monoisotopic (exact) mass is 555 g/mol. The van der Waals surface area contributed by atoms with Crippen LogP contribution in [0.1, 0.15) is 0 Å². The predicted octanol–water partition coefficient (Wildman–Crippen LogP) is 7.23. The summed E-state index contributed by atoms with van der Waals surface area (Å²) >= 11 is -0.129. The van der Waals surface area contributed by atoms with Gasteiger partial charge in [0.1, 0.15) is 0 Å². The molecule has 0 N–H and O–H groups in total. The second-order valence-corrected chi connectivity index (χ2v) is 10.6. The fraction of sp³-hybridized carbons (Fsp3) is 0. The van der Waals surface area contributed by atoms with Crippen molar-refractivity contribution in [3.05, 3.63) is 97.3 Å². The molecule has 0 radical (unpaired) electrons. The van der Waals surface area contributed by atoms with Gasteiger partial charge >= 0.3 is 188 Å². The zero-order valence-electron chi connectivity index (χ0n) is 16.2. The molecule has 0 spiro atoms. The number of nitrogens with zero attached hydrogens (tertiary/aromatic N) is 2. The van der Waals surface area contributed by atoms with Crippen LogP contribution in [0.15, 0.2) is 97.3 Å². The molecule has 2 aromatic carbocycles. The molecule has 2 heterocycles. The predicted molar refractivity (Wildman–Crippen MR) is 112 cm³/mol. The maximum absolute atomic E-state index is 10.7. The van der Waals surface area contributed by atoms with Gasteiger partial charge in [0.05, 0.1) is 0 Å². The van der Waals surface area contributed by atoms with Crippen LogP contribution in [-0.2, 0) is 17.1 Å². The van der Waals surface area contributed by atoms with Crippen LogP contribution in [-0.4, -0.2) is 9.97 Å². The minimum absolute atomic E-state index is 0.129. The van der Waals surface area contributed by atoms with Crippen molar-refractivity contribution in [1.82, 2.24) is 9.97 Å². The summed E-state index contributed by atoms with van der Waals surface area (Å²) in [6, 6.07) is 29.3. The first-order chi connectivity index (χ1) is 14.9. The van der Waals surface area contributed by atoms with Crippen molar-refractivity contribution >= 4 is 16.1 Å². The summed E-state index contributed by atoms with van der Waals surface area (Å²) in [5.41, 5.74) is 4.50. The van der Waals surface area contributed by atoms with Crippen LogP contribution in [0.25, 0.3) is 22.5 Å². The number of aromatic nitrogens is 2. The molecule has 2 nitrogen and oxygen atoms in total. The van der Waals surface area contributed by atoms with Crippen LogP contribution in [0.4, 0.5) is 25.2 Å². The van der Waals surface area contributed by atoms with Gasteiger partial charge in [-0.05, 0) is 0 Å². The van der Waals surface area contributed by atoms with Crippen molar-refractivity contribution in [1.29, 1.82) is 0 Å². The van der Waals surface area contributed by atoms with E-state index in [2.05, 4.69) is 70.6 Å². The molecule has 0 aliphatic rings. The molecular weight excluding hydrogens is 538 g/mol. The topological polar surface area (TPSA) is 25.8 Å². The summed E-state index contributed by atoms with van der Waals surface area (Å²) in [4.78, 5) is 9.07. The van der Waals surface area contributed by atoms with Crippen molar-refractivity contribution in [3.8, 4) is 22.5 Å². The van der Waals surface area contributed by atoms with Gasteiger partial charge in [0.15, 0.2) is 0 Å². The van der Waals surface area contributed by atoms with E-state index in [1.54, 1.807) is 0 Å². The molecule has 4 aromatic rings. The first-order valence-corrected chi connectivity index (χ1v) is 12.8. The van der Waals surface area contributed by atoms with E-state index in [9.17, 15) is 25.2 Å². The Kier molecular flexibility index (Phi) is 6.55. The van der Waals surface area contributed by atoms with E-state index < -0.39 is 7.81 Å². The van der Waals surface area contributed by atoms with E-state index in [1.165, 1.54) is 19.4 Å². The van der Waals surface area contributed by atoms with Crippen LogP contribution in [0.2, 0.25) is 0 Å². The van der Waals surface area contributed by atoms with Crippen molar-refractivity contribution in [2.45, 2.75) is 0 Å². The van der Waals surface area contributed by atoms with Crippen molar-refractivity contribution < 1.29 is 42.3 Å². The van der Waals surface area contributed by atoms with Gasteiger partial charge in [-0.25, -0.2) is 0 Å². The van der Waals surface area contributed by atoms with Gasteiger partial charge in [0.2, 0.25) is 0 Å². The summed E-state index contributed by atoms with van der Waals surface area (Å²) in [6.07, 6.45) is 3.70. The van der Waals surface area contributed by atoms with Gasteiger partial charge in [0, 0.05) is 0 Å². The standard InChI is InChI=1S/2C11H8N.F6P.Ru/c2*1-2-6-10(7-3-1)11-8-4-5-9-12-11;1-7(2,3,4,5)6;/h2*1-6,8-9H;;/q;;-1;+1. The molecule has 0 amide bonds. The van der Waals surface area contributed by atoms with E-state index >= 15 is 0 Å². The van der Waals surface area contributed by atoms with Gasteiger partial charge in [-0.3, -0.25) is 0 Å². The molecule has 0 unspecified atom stereocenters. The Labute approximate surface area is 188 Å². The van der Waals surface area contributed by atoms with Crippen molar-refractivity contribution in [2.75, 3.05) is 0 Å². The average Bonchev–Trinajstić information content (AvgIpc) is 2.74. The molecule has 4 rings (SSSR count). The van der Waals surface area contributed by atoms with E-state index in [0.29, 0.717) is 0 Å². The molecule has 2 aromatic heterocycles.